The third kappa shape index (κ3) is 5.05. The first-order chi connectivity index (χ1) is 11.8. The summed E-state index contributed by atoms with van der Waals surface area (Å²) in [6.45, 7) is 1.54. The van der Waals surface area contributed by atoms with Gasteiger partial charge in [0.2, 0.25) is 6.29 Å². The molecule has 1 aromatic carbocycles. The number of benzene rings is 1. The lowest BCUT2D eigenvalue weighted by Gasteiger charge is -2.40. The number of nitrogens with two attached hydrogens (primary N) is 1. The lowest BCUT2D eigenvalue weighted by molar-refractivity contribution is -0.272. The van der Waals surface area contributed by atoms with Crippen molar-refractivity contribution in [3.8, 4) is 5.75 Å². The minimum absolute atomic E-state index is 0.371. The van der Waals surface area contributed by atoms with Gasteiger partial charge in [-0.05, 0) is 31.2 Å². The van der Waals surface area contributed by atoms with Crippen molar-refractivity contribution in [3.05, 3.63) is 24.3 Å². The molecule has 0 saturated carbocycles. The number of hydrogen-bond acceptors (Lipinski definition) is 8. The molecule has 0 amide bonds. The van der Waals surface area contributed by atoms with Gasteiger partial charge >= 0.3 is 11.9 Å². The van der Waals surface area contributed by atoms with Crippen LogP contribution in [0.5, 0.6) is 5.75 Å². The molecule has 1 aliphatic heterocycles. The van der Waals surface area contributed by atoms with Crippen molar-refractivity contribution in [2.45, 2.75) is 50.5 Å². The van der Waals surface area contributed by atoms with Crippen LogP contribution < -0.4 is 10.5 Å². The highest BCUT2D eigenvalue weighted by molar-refractivity contribution is 5.76. The van der Waals surface area contributed by atoms with E-state index in [-0.39, 0.29) is 6.42 Å². The number of anilines is 1. The number of esters is 1. The summed E-state index contributed by atoms with van der Waals surface area (Å²) in [5.41, 5.74) is 6.12. The van der Waals surface area contributed by atoms with E-state index in [9.17, 15) is 19.8 Å². The molecule has 0 bridgehead atoms. The number of carboxylic acids is 1. The van der Waals surface area contributed by atoms with Gasteiger partial charge in [-0.1, -0.05) is 0 Å². The fourth-order valence-electron chi connectivity index (χ4n) is 2.33. The van der Waals surface area contributed by atoms with Crippen molar-refractivity contribution >= 4 is 17.6 Å². The van der Waals surface area contributed by atoms with Gasteiger partial charge in [0.05, 0.1) is 18.9 Å². The van der Waals surface area contributed by atoms with Gasteiger partial charge in [0, 0.05) is 5.69 Å². The van der Waals surface area contributed by atoms with E-state index in [0.29, 0.717) is 11.4 Å². The van der Waals surface area contributed by atoms with Crippen LogP contribution in [0.2, 0.25) is 0 Å². The predicted octanol–water partition coefficient (Wildman–Crippen LogP) is -0.109. The standard InChI is InChI=1S/C16H21NO8/c1-8-13(21)15(25-12(20)7-6-11(18)19)14(22)16(23-8)24-10-4-2-9(17)3-5-10/h2-5,8,13-16,21-22H,6-7,17H2,1H3,(H,18,19). The molecule has 5 atom stereocenters. The highest BCUT2D eigenvalue weighted by atomic mass is 16.7. The van der Waals surface area contributed by atoms with Crippen molar-refractivity contribution < 1.29 is 39.1 Å². The summed E-state index contributed by atoms with van der Waals surface area (Å²) in [5.74, 6) is -1.62. The predicted molar refractivity (Wildman–Crippen MR) is 84.6 cm³/mol. The molecule has 138 valence electrons. The molecule has 5 N–H and O–H groups in total. The molecule has 9 heteroatoms. The van der Waals surface area contributed by atoms with E-state index in [1.165, 1.54) is 6.92 Å². The number of hydrogen-bond donors (Lipinski definition) is 4. The first-order valence-corrected chi connectivity index (χ1v) is 7.73. The van der Waals surface area contributed by atoms with Crippen LogP contribution in [-0.4, -0.2) is 58.0 Å². The molecule has 1 heterocycles. The number of aliphatic hydroxyl groups is 2. The fourth-order valence-corrected chi connectivity index (χ4v) is 2.33. The molecule has 2 rings (SSSR count). The molecule has 1 fully saturated rings. The number of ether oxygens (including phenoxy) is 3. The Hall–Kier alpha value is -2.36. The molecule has 9 nitrogen and oxygen atoms in total. The van der Waals surface area contributed by atoms with E-state index in [4.69, 9.17) is 25.1 Å². The zero-order chi connectivity index (χ0) is 18.6. The number of carboxylic acid groups (broad SMARTS) is 1. The Labute approximate surface area is 143 Å². The normalized spacial score (nSPS) is 29.0. The molecule has 0 spiro atoms. The van der Waals surface area contributed by atoms with Crippen molar-refractivity contribution in [2.75, 3.05) is 5.73 Å². The molecule has 25 heavy (non-hydrogen) atoms. The average molecular weight is 355 g/mol. The third-order valence-corrected chi connectivity index (χ3v) is 3.72. The lowest BCUT2D eigenvalue weighted by Crippen LogP contribution is -2.59. The van der Waals surface area contributed by atoms with Gasteiger partial charge in [-0.2, -0.15) is 0 Å². The van der Waals surface area contributed by atoms with Crippen LogP contribution in [0.3, 0.4) is 0 Å². The van der Waals surface area contributed by atoms with Crippen LogP contribution in [0.15, 0.2) is 24.3 Å². The van der Waals surface area contributed by atoms with Crippen molar-refractivity contribution in [3.63, 3.8) is 0 Å². The second-order valence-electron chi connectivity index (χ2n) is 5.73. The van der Waals surface area contributed by atoms with E-state index in [0.717, 1.165) is 0 Å². The van der Waals surface area contributed by atoms with Crippen LogP contribution in [0.4, 0.5) is 5.69 Å². The molecular formula is C16H21NO8. The smallest absolute Gasteiger partial charge is 0.306 e. The second kappa shape index (κ2) is 8.15. The maximum Gasteiger partial charge on any atom is 0.306 e. The number of aliphatic hydroxyl groups excluding tert-OH is 2. The summed E-state index contributed by atoms with van der Waals surface area (Å²) in [4.78, 5) is 22.2. The van der Waals surface area contributed by atoms with E-state index < -0.39 is 49.1 Å². The van der Waals surface area contributed by atoms with Gasteiger partial charge in [-0.15, -0.1) is 0 Å². The summed E-state index contributed by atoms with van der Waals surface area (Å²) in [5, 5.41) is 29.0. The molecule has 0 radical (unpaired) electrons. The Morgan fingerprint density at radius 3 is 2.40 bits per heavy atom. The van der Waals surface area contributed by atoms with Crippen molar-refractivity contribution in [1.82, 2.24) is 0 Å². The topological polar surface area (TPSA) is 149 Å². The minimum Gasteiger partial charge on any atom is -0.481 e. The third-order valence-electron chi connectivity index (χ3n) is 3.72. The van der Waals surface area contributed by atoms with Gasteiger partial charge in [0.15, 0.2) is 12.2 Å². The molecule has 1 aliphatic rings. The second-order valence-corrected chi connectivity index (χ2v) is 5.73. The highest BCUT2D eigenvalue weighted by Crippen LogP contribution is 2.26. The van der Waals surface area contributed by atoms with Gasteiger partial charge in [-0.25, -0.2) is 0 Å². The monoisotopic (exact) mass is 355 g/mol. The molecule has 0 aromatic heterocycles. The summed E-state index contributed by atoms with van der Waals surface area (Å²) in [6.07, 6.45) is -6.78. The number of carbonyl (C=O) groups excluding carboxylic acids is 1. The first-order valence-electron chi connectivity index (χ1n) is 7.73. The number of nitrogen functional groups attached to an aromatic ring is 1. The first kappa shape index (κ1) is 19.0. The molecule has 1 aromatic rings. The Morgan fingerprint density at radius 1 is 1.16 bits per heavy atom. The van der Waals surface area contributed by atoms with Gasteiger partial charge in [-0.3, -0.25) is 9.59 Å². The van der Waals surface area contributed by atoms with Crippen LogP contribution in [0.1, 0.15) is 19.8 Å². The number of aliphatic carboxylic acids is 1. The van der Waals surface area contributed by atoms with E-state index in [2.05, 4.69) is 0 Å². The molecule has 1 saturated heterocycles. The van der Waals surface area contributed by atoms with Gasteiger partial charge in [0.25, 0.3) is 0 Å². The quantitative estimate of drug-likeness (QED) is 0.405. The van der Waals surface area contributed by atoms with Crippen LogP contribution in [0, 0.1) is 0 Å². The van der Waals surface area contributed by atoms with Crippen LogP contribution in [-0.2, 0) is 19.1 Å². The average Bonchev–Trinajstić information content (AvgIpc) is 2.56. The Kier molecular flexibility index (Phi) is 6.18. The highest BCUT2D eigenvalue weighted by Gasteiger charge is 2.46. The summed E-state index contributed by atoms with van der Waals surface area (Å²) >= 11 is 0. The van der Waals surface area contributed by atoms with Crippen molar-refractivity contribution in [1.29, 1.82) is 0 Å². The Bertz CT molecular complexity index is 605. The van der Waals surface area contributed by atoms with E-state index in [1.807, 2.05) is 0 Å². The van der Waals surface area contributed by atoms with Gasteiger partial charge < -0.3 is 35.3 Å². The lowest BCUT2D eigenvalue weighted by atomic mass is 9.99. The van der Waals surface area contributed by atoms with Gasteiger partial charge in [0.1, 0.15) is 11.9 Å². The number of carbonyl (C=O) groups is 2. The SMILES string of the molecule is CC1OC(Oc2ccc(N)cc2)C(O)C(OC(=O)CCC(=O)O)C1O. The Morgan fingerprint density at radius 2 is 1.80 bits per heavy atom. The zero-order valence-corrected chi connectivity index (χ0v) is 13.6. The Balaban J connectivity index is 2.04. The summed E-state index contributed by atoms with van der Waals surface area (Å²) in [6, 6.07) is 6.36. The molecular weight excluding hydrogens is 334 g/mol. The summed E-state index contributed by atoms with van der Waals surface area (Å²) < 4.78 is 16.0. The van der Waals surface area contributed by atoms with E-state index in [1.54, 1.807) is 24.3 Å². The van der Waals surface area contributed by atoms with Crippen LogP contribution >= 0.6 is 0 Å². The zero-order valence-electron chi connectivity index (χ0n) is 13.6. The maximum absolute atomic E-state index is 11.7. The summed E-state index contributed by atoms with van der Waals surface area (Å²) in [7, 11) is 0. The minimum atomic E-state index is -1.46. The maximum atomic E-state index is 11.7. The van der Waals surface area contributed by atoms with E-state index >= 15 is 0 Å². The largest absolute Gasteiger partial charge is 0.481 e. The number of rotatable bonds is 6. The van der Waals surface area contributed by atoms with Crippen LogP contribution in [0.25, 0.3) is 0 Å². The molecule has 0 aliphatic carbocycles. The van der Waals surface area contributed by atoms with Crippen molar-refractivity contribution in [2.24, 2.45) is 0 Å². The fraction of sp³-hybridized carbons (Fsp3) is 0.500. The molecule has 5 unspecified atom stereocenters.